The highest BCUT2D eigenvalue weighted by atomic mass is 35.5. The van der Waals surface area contributed by atoms with Crippen LogP contribution in [0.2, 0.25) is 10.0 Å². The fourth-order valence-corrected chi connectivity index (χ4v) is 5.80. The molecule has 1 atom stereocenters. The van der Waals surface area contributed by atoms with Gasteiger partial charge in [0.1, 0.15) is 0 Å². The Morgan fingerprint density at radius 3 is 2.05 bits per heavy atom. The van der Waals surface area contributed by atoms with Crippen molar-refractivity contribution in [2.45, 2.75) is 56.8 Å². The molecular weight excluding hydrogens is 545 g/mol. The van der Waals surface area contributed by atoms with Gasteiger partial charge in [-0.1, -0.05) is 97.6 Å². The number of hydrogen-bond donors (Lipinski definition) is 2. The van der Waals surface area contributed by atoms with Crippen molar-refractivity contribution >= 4 is 46.4 Å². The summed E-state index contributed by atoms with van der Waals surface area (Å²) in [7, 11) is 0. The van der Waals surface area contributed by atoms with Crippen LogP contribution in [0, 0.1) is 0 Å². The lowest BCUT2D eigenvalue weighted by molar-refractivity contribution is -0.136. The molecule has 0 heterocycles. The number of aliphatic carboxylic acids is 1. The first-order chi connectivity index (χ1) is 19.2. The SMILES string of the molecule is C=C(NCCC(=O)O)c1ccc(C(CC(=O)c2ccc(C3CCCCC3)cc2)C(=O)c2cc(Cl)cc(Cl)c2)cc1. The zero-order valence-corrected chi connectivity index (χ0v) is 23.8. The second-order valence-corrected chi connectivity index (χ2v) is 11.2. The Hall–Kier alpha value is -3.41. The van der Waals surface area contributed by atoms with Crippen molar-refractivity contribution in [3.8, 4) is 0 Å². The summed E-state index contributed by atoms with van der Waals surface area (Å²) >= 11 is 12.4. The molecule has 1 saturated carbocycles. The number of carboxylic acid groups (broad SMARTS) is 1. The molecule has 0 amide bonds. The molecule has 5 nitrogen and oxygen atoms in total. The molecule has 40 heavy (non-hydrogen) atoms. The minimum atomic E-state index is -0.897. The Morgan fingerprint density at radius 1 is 0.850 bits per heavy atom. The number of carbonyl (C=O) groups is 3. The minimum Gasteiger partial charge on any atom is -0.481 e. The number of hydrogen-bond acceptors (Lipinski definition) is 4. The second-order valence-electron chi connectivity index (χ2n) is 10.3. The number of nitrogens with one attached hydrogen (secondary N) is 1. The van der Waals surface area contributed by atoms with E-state index in [2.05, 4.69) is 24.0 Å². The number of rotatable bonds is 12. The van der Waals surface area contributed by atoms with Crippen LogP contribution in [0.25, 0.3) is 5.70 Å². The molecule has 1 fully saturated rings. The van der Waals surface area contributed by atoms with Crippen LogP contribution in [0.1, 0.15) is 94.2 Å². The molecule has 208 valence electrons. The Morgan fingerprint density at radius 2 is 1.45 bits per heavy atom. The summed E-state index contributed by atoms with van der Waals surface area (Å²) in [5.41, 5.74) is 4.20. The van der Waals surface area contributed by atoms with Gasteiger partial charge in [0, 0.05) is 39.8 Å². The van der Waals surface area contributed by atoms with E-state index in [1.165, 1.54) is 37.7 Å². The van der Waals surface area contributed by atoms with Gasteiger partial charge in [0.25, 0.3) is 0 Å². The molecule has 1 aliphatic rings. The number of Topliss-reactive ketones (excluding diaryl/α,β-unsaturated/α-hetero) is 2. The molecule has 0 aliphatic heterocycles. The van der Waals surface area contributed by atoms with E-state index < -0.39 is 11.9 Å². The van der Waals surface area contributed by atoms with E-state index >= 15 is 0 Å². The van der Waals surface area contributed by atoms with Gasteiger partial charge in [-0.05, 0) is 53.6 Å². The van der Waals surface area contributed by atoms with Crippen molar-refractivity contribution in [2.75, 3.05) is 6.54 Å². The normalized spacial score (nSPS) is 14.3. The number of carbonyl (C=O) groups excluding carboxylic acids is 2. The zero-order chi connectivity index (χ0) is 28.6. The quantitative estimate of drug-likeness (QED) is 0.211. The van der Waals surface area contributed by atoms with Gasteiger partial charge < -0.3 is 10.4 Å². The zero-order valence-electron chi connectivity index (χ0n) is 22.3. The van der Waals surface area contributed by atoms with E-state index in [1.54, 1.807) is 42.5 Å². The third kappa shape index (κ3) is 7.83. The molecule has 1 unspecified atom stereocenters. The van der Waals surface area contributed by atoms with Crippen molar-refractivity contribution in [1.82, 2.24) is 5.32 Å². The summed E-state index contributed by atoms with van der Waals surface area (Å²) in [5.74, 6) is -1.46. The van der Waals surface area contributed by atoms with E-state index in [0.29, 0.717) is 38.4 Å². The van der Waals surface area contributed by atoms with Crippen LogP contribution in [-0.4, -0.2) is 29.2 Å². The van der Waals surface area contributed by atoms with E-state index in [1.807, 2.05) is 12.1 Å². The highest BCUT2D eigenvalue weighted by molar-refractivity contribution is 6.35. The molecule has 7 heteroatoms. The molecule has 0 aromatic heterocycles. The maximum Gasteiger partial charge on any atom is 0.305 e. The molecule has 3 aromatic rings. The molecular formula is C33H33Cl2NO4. The number of ketones is 2. The summed E-state index contributed by atoms with van der Waals surface area (Å²) in [5, 5.41) is 12.5. The van der Waals surface area contributed by atoms with E-state index in [9.17, 15) is 14.4 Å². The standard InChI is InChI=1S/C33H33Cl2NO4/c1-21(36-16-15-32(38)39)22-7-11-25(12-8-22)30(33(40)27-17-28(34)19-29(35)18-27)20-31(37)26-13-9-24(10-14-26)23-5-3-2-4-6-23/h7-14,17-19,23,30,36H,1-6,15-16,20H2,(H,38,39). The topological polar surface area (TPSA) is 83.5 Å². The first-order valence-corrected chi connectivity index (χ1v) is 14.3. The Kier molecular flexibility index (Phi) is 10.2. The van der Waals surface area contributed by atoms with Crippen LogP contribution < -0.4 is 5.32 Å². The molecule has 1 aliphatic carbocycles. The monoisotopic (exact) mass is 577 g/mol. The fraction of sp³-hybridized carbons (Fsp3) is 0.303. The molecule has 0 saturated heterocycles. The second kappa shape index (κ2) is 13.8. The third-order valence-corrected chi connectivity index (χ3v) is 7.94. The first-order valence-electron chi connectivity index (χ1n) is 13.6. The predicted molar refractivity (Wildman–Crippen MR) is 160 cm³/mol. The van der Waals surface area contributed by atoms with Gasteiger partial charge >= 0.3 is 5.97 Å². The summed E-state index contributed by atoms with van der Waals surface area (Å²) < 4.78 is 0. The van der Waals surface area contributed by atoms with Crippen molar-refractivity contribution in [1.29, 1.82) is 0 Å². The van der Waals surface area contributed by atoms with Crippen molar-refractivity contribution in [3.63, 3.8) is 0 Å². The van der Waals surface area contributed by atoms with Crippen molar-refractivity contribution < 1.29 is 19.5 Å². The number of halogens is 2. The van der Waals surface area contributed by atoms with Crippen LogP contribution in [0.3, 0.4) is 0 Å². The smallest absolute Gasteiger partial charge is 0.305 e. The maximum atomic E-state index is 13.7. The van der Waals surface area contributed by atoms with Crippen molar-refractivity contribution in [3.05, 3.63) is 111 Å². The average molecular weight is 579 g/mol. The average Bonchev–Trinajstić information content (AvgIpc) is 2.95. The van der Waals surface area contributed by atoms with Crippen LogP contribution in [-0.2, 0) is 4.79 Å². The van der Waals surface area contributed by atoms with Gasteiger partial charge in [0.05, 0.1) is 12.3 Å². The van der Waals surface area contributed by atoms with Gasteiger partial charge in [0.2, 0.25) is 0 Å². The third-order valence-electron chi connectivity index (χ3n) is 7.50. The lowest BCUT2D eigenvalue weighted by Gasteiger charge is -2.22. The van der Waals surface area contributed by atoms with Crippen LogP contribution in [0.5, 0.6) is 0 Å². The summed E-state index contributed by atoms with van der Waals surface area (Å²) in [6.45, 7) is 4.22. The van der Waals surface area contributed by atoms with Gasteiger partial charge in [-0.3, -0.25) is 14.4 Å². The van der Waals surface area contributed by atoms with Gasteiger partial charge in [-0.2, -0.15) is 0 Å². The van der Waals surface area contributed by atoms with Crippen LogP contribution in [0.15, 0.2) is 73.3 Å². The number of carboxylic acids is 1. The first kappa shape index (κ1) is 29.6. The largest absolute Gasteiger partial charge is 0.481 e. The van der Waals surface area contributed by atoms with Crippen LogP contribution >= 0.6 is 23.2 Å². The summed E-state index contributed by atoms with van der Waals surface area (Å²) in [4.78, 5) is 38.0. The van der Waals surface area contributed by atoms with E-state index in [-0.39, 0.29) is 31.0 Å². The van der Waals surface area contributed by atoms with Crippen molar-refractivity contribution in [2.24, 2.45) is 0 Å². The Labute approximate surface area is 245 Å². The highest BCUT2D eigenvalue weighted by Gasteiger charge is 2.27. The van der Waals surface area contributed by atoms with Gasteiger partial charge in [-0.25, -0.2) is 0 Å². The summed E-state index contributed by atoms with van der Waals surface area (Å²) in [6, 6.07) is 19.7. The maximum absolute atomic E-state index is 13.7. The van der Waals surface area contributed by atoms with Gasteiger partial charge in [0.15, 0.2) is 11.6 Å². The summed E-state index contributed by atoms with van der Waals surface area (Å²) in [6.07, 6.45) is 6.10. The lowest BCUT2D eigenvalue weighted by atomic mass is 9.83. The van der Waals surface area contributed by atoms with Gasteiger partial charge in [-0.15, -0.1) is 0 Å². The molecule has 3 aromatic carbocycles. The molecule has 0 radical (unpaired) electrons. The molecule has 0 spiro atoms. The Balaban J connectivity index is 1.56. The molecule has 0 bridgehead atoms. The number of benzene rings is 3. The lowest BCUT2D eigenvalue weighted by Crippen LogP contribution is -2.18. The van der Waals surface area contributed by atoms with E-state index in [0.717, 1.165) is 5.56 Å². The Bertz CT molecular complexity index is 1360. The minimum absolute atomic E-state index is 0.0110. The highest BCUT2D eigenvalue weighted by Crippen LogP contribution is 2.34. The van der Waals surface area contributed by atoms with Crippen LogP contribution in [0.4, 0.5) is 0 Å². The van der Waals surface area contributed by atoms with E-state index in [4.69, 9.17) is 28.3 Å². The molecule has 4 rings (SSSR count). The molecule has 2 N–H and O–H groups in total. The predicted octanol–water partition coefficient (Wildman–Crippen LogP) is 8.32. The fourth-order valence-electron chi connectivity index (χ4n) is 5.28.